The lowest BCUT2D eigenvalue weighted by molar-refractivity contribution is -0.130. The molecule has 0 spiro atoms. The molecule has 0 radical (unpaired) electrons. The molecule has 0 saturated carbocycles. The third-order valence-corrected chi connectivity index (χ3v) is 5.01. The highest BCUT2D eigenvalue weighted by Gasteiger charge is 2.25. The Morgan fingerprint density at radius 1 is 1.40 bits per heavy atom. The van der Waals surface area contributed by atoms with Crippen LogP contribution in [0, 0.1) is 11.8 Å². The molecule has 5 heteroatoms. The van der Waals surface area contributed by atoms with Crippen LogP contribution >= 0.6 is 23.4 Å². The van der Waals surface area contributed by atoms with Gasteiger partial charge < -0.3 is 10.6 Å². The molecule has 2 N–H and O–H groups in total. The Morgan fingerprint density at radius 3 is 2.70 bits per heavy atom. The number of amides is 1. The molecule has 1 aromatic rings. The quantitative estimate of drug-likeness (QED) is 0.686. The highest BCUT2D eigenvalue weighted by atomic mass is 35.5. The summed E-state index contributed by atoms with van der Waals surface area (Å²) in [5.74, 6) is 1.78. The van der Waals surface area contributed by atoms with Crippen molar-refractivity contribution in [3.63, 3.8) is 0 Å². The molecule has 0 aliphatic carbocycles. The lowest BCUT2D eigenvalue weighted by atomic mass is 9.92. The van der Waals surface area contributed by atoms with Crippen LogP contribution in [0.2, 0.25) is 5.02 Å². The summed E-state index contributed by atoms with van der Waals surface area (Å²) in [4.78, 5) is 15.1. The summed E-state index contributed by atoms with van der Waals surface area (Å²) in [7, 11) is 0. The lowest BCUT2D eigenvalue weighted by Gasteiger charge is -2.35. The molecule has 3 nitrogen and oxygen atoms in total. The van der Waals surface area contributed by atoms with Crippen LogP contribution in [0.1, 0.15) is 20.3 Å². The van der Waals surface area contributed by atoms with Gasteiger partial charge in [-0.25, -0.2) is 0 Å². The van der Waals surface area contributed by atoms with Gasteiger partial charge in [-0.3, -0.25) is 4.79 Å². The molecular weight excluding hydrogens is 292 g/mol. The molecule has 2 rings (SSSR count). The van der Waals surface area contributed by atoms with Crippen molar-refractivity contribution in [3.05, 3.63) is 23.2 Å². The van der Waals surface area contributed by atoms with E-state index in [2.05, 4.69) is 13.8 Å². The molecule has 1 aromatic carbocycles. The molecule has 1 saturated heterocycles. The summed E-state index contributed by atoms with van der Waals surface area (Å²) >= 11 is 7.57. The minimum absolute atomic E-state index is 0.187. The predicted molar refractivity (Wildman–Crippen MR) is 86.1 cm³/mol. The number of likely N-dealkylation sites (tertiary alicyclic amines) is 1. The highest BCUT2D eigenvalue weighted by Crippen LogP contribution is 2.30. The van der Waals surface area contributed by atoms with Crippen LogP contribution in [-0.2, 0) is 4.79 Å². The standard InChI is InChI=1S/C15H21ClN2OS/c1-10-5-11(2)8-18(7-10)15(19)9-20-14-6-12(17)3-4-13(14)16/h3-4,6,10-11H,5,7-9,17H2,1-2H3. The summed E-state index contributed by atoms with van der Waals surface area (Å²) in [6.07, 6.45) is 1.21. The van der Waals surface area contributed by atoms with Crippen molar-refractivity contribution >= 4 is 35.0 Å². The molecule has 20 heavy (non-hydrogen) atoms. The maximum atomic E-state index is 12.3. The minimum atomic E-state index is 0.187. The molecule has 0 bridgehead atoms. The Kier molecular flexibility index (Phi) is 5.22. The average Bonchev–Trinajstić information content (AvgIpc) is 2.38. The molecular formula is C15H21ClN2OS. The zero-order chi connectivity index (χ0) is 14.7. The first-order chi connectivity index (χ1) is 9.45. The van der Waals surface area contributed by atoms with Crippen LogP contribution in [0.5, 0.6) is 0 Å². The van der Waals surface area contributed by atoms with Crippen molar-refractivity contribution in [2.24, 2.45) is 11.8 Å². The second kappa shape index (κ2) is 6.72. The molecule has 1 fully saturated rings. The SMILES string of the molecule is CC1CC(C)CN(C(=O)CSc2cc(N)ccc2Cl)C1. The normalized spacial score (nSPS) is 22.9. The van der Waals surface area contributed by atoms with Crippen LogP contribution in [-0.4, -0.2) is 29.6 Å². The van der Waals surface area contributed by atoms with E-state index in [1.54, 1.807) is 12.1 Å². The molecule has 1 amide bonds. The van der Waals surface area contributed by atoms with Gasteiger partial charge >= 0.3 is 0 Å². The largest absolute Gasteiger partial charge is 0.399 e. The first-order valence-corrected chi connectivity index (χ1v) is 8.27. The van der Waals surface area contributed by atoms with E-state index in [4.69, 9.17) is 17.3 Å². The number of nitrogens with zero attached hydrogens (tertiary/aromatic N) is 1. The predicted octanol–water partition coefficient (Wildman–Crippen LogP) is 3.52. The van der Waals surface area contributed by atoms with Gasteiger partial charge in [-0.1, -0.05) is 25.4 Å². The van der Waals surface area contributed by atoms with Crippen LogP contribution in [0.15, 0.2) is 23.1 Å². The van der Waals surface area contributed by atoms with E-state index in [1.165, 1.54) is 18.2 Å². The van der Waals surface area contributed by atoms with Gasteiger partial charge in [0.1, 0.15) is 0 Å². The summed E-state index contributed by atoms with van der Waals surface area (Å²) in [5, 5.41) is 0.650. The number of carbonyl (C=O) groups is 1. The van der Waals surface area contributed by atoms with E-state index in [9.17, 15) is 4.79 Å². The number of benzene rings is 1. The van der Waals surface area contributed by atoms with E-state index in [0.29, 0.717) is 28.3 Å². The Labute approximate surface area is 129 Å². The fourth-order valence-electron chi connectivity index (χ4n) is 2.73. The van der Waals surface area contributed by atoms with Gasteiger partial charge in [0.2, 0.25) is 5.91 Å². The van der Waals surface area contributed by atoms with E-state index < -0.39 is 0 Å². The molecule has 0 aromatic heterocycles. The van der Waals surface area contributed by atoms with Crippen molar-refractivity contribution in [1.29, 1.82) is 0 Å². The summed E-state index contributed by atoms with van der Waals surface area (Å²) in [5.41, 5.74) is 6.42. The number of thioether (sulfide) groups is 1. The molecule has 1 aliphatic rings. The Balaban J connectivity index is 1.93. The Bertz CT molecular complexity index is 485. The fourth-order valence-corrected chi connectivity index (χ4v) is 3.90. The van der Waals surface area contributed by atoms with Gasteiger partial charge in [-0.15, -0.1) is 11.8 Å². The molecule has 2 atom stereocenters. The van der Waals surface area contributed by atoms with E-state index >= 15 is 0 Å². The first-order valence-electron chi connectivity index (χ1n) is 6.91. The zero-order valence-corrected chi connectivity index (χ0v) is 13.5. The van der Waals surface area contributed by atoms with Crippen molar-refractivity contribution < 1.29 is 4.79 Å². The van der Waals surface area contributed by atoms with Crippen molar-refractivity contribution in [2.45, 2.75) is 25.2 Å². The minimum Gasteiger partial charge on any atom is -0.399 e. The number of nitrogens with two attached hydrogens (primary N) is 1. The second-order valence-electron chi connectivity index (χ2n) is 5.72. The Morgan fingerprint density at radius 2 is 2.05 bits per heavy atom. The highest BCUT2D eigenvalue weighted by molar-refractivity contribution is 8.00. The zero-order valence-electron chi connectivity index (χ0n) is 11.9. The molecule has 1 aliphatic heterocycles. The fraction of sp³-hybridized carbons (Fsp3) is 0.533. The number of rotatable bonds is 3. The topological polar surface area (TPSA) is 46.3 Å². The lowest BCUT2D eigenvalue weighted by Crippen LogP contribution is -2.43. The van der Waals surface area contributed by atoms with Crippen LogP contribution in [0.3, 0.4) is 0 Å². The third kappa shape index (κ3) is 4.06. The van der Waals surface area contributed by atoms with E-state index in [1.807, 2.05) is 11.0 Å². The van der Waals surface area contributed by atoms with Crippen molar-refractivity contribution in [1.82, 2.24) is 4.90 Å². The van der Waals surface area contributed by atoms with E-state index in [-0.39, 0.29) is 5.91 Å². The van der Waals surface area contributed by atoms with Gasteiger partial charge in [0.25, 0.3) is 0 Å². The number of anilines is 1. The van der Waals surface area contributed by atoms with Gasteiger partial charge in [0, 0.05) is 23.7 Å². The van der Waals surface area contributed by atoms with Crippen molar-refractivity contribution in [2.75, 3.05) is 24.6 Å². The number of hydrogen-bond acceptors (Lipinski definition) is 3. The third-order valence-electron chi connectivity index (χ3n) is 3.53. The van der Waals surface area contributed by atoms with Crippen LogP contribution < -0.4 is 5.73 Å². The van der Waals surface area contributed by atoms with Gasteiger partial charge in [-0.05, 0) is 36.5 Å². The summed E-state index contributed by atoms with van der Waals surface area (Å²) < 4.78 is 0. The summed E-state index contributed by atoms with van der Waals surface area (Å²) in [6.45, 7) is 6.15. The smallest absolute Gasteiger partial charge is 0.232 e. The maximum Gasteiger partial charge on any atom is 0.232 e. The summed E-state index contributed by atoms with van der Waals surface area (Å²) in [6, 6.07) is 5.36. The number of hydrogen-bond donors (Lipinski definition) is 1. The number of halogens is 1. The Hall–Kier alpha value is -0.870. The van der Waals surface area contributed by atoms with Crippen LogP contribution in [0.4, 0.5) is 5.69 Å². The number of carbonyl (C=O) groups excluding carboxylic acids is 1. The average molecular weight is 313 g/mol. The second-order valence-corrected chi connectivity index (χ2v) is 7.15. The molecule has 2 unspecified atom stereocenters. The van der Waals surface area contributed by atoms with Gasteiger partial charge in [-0.2, -0.15) is 0 Å². The van der Waals surface area contributed by atoms with Gasteiger partial charge in [0.05, 0.1) is 10.8 Å². The van der Waals surface area contributed by atoms with Gasteiger partial charge in [0.15, 0.2) is 0 Å². The number of nitrogen functional groups attached to an aromatic ring is 1. The maximum absolute atomic E-state index is 12.3. The monoisotopic (exact) mass is 312 g/mol. The van der Waals surface area contributed by atoms with Crippen LogP contribution in [0.25, 0.3) is 0 Å². The van der Waals surface area contributed by atoms with Crippen molar-refractivity contribution in [3.8, 4) is 0 Å². The number of piperidine rings is 1. The molecule has 1 heterocycles. The van der Waals surface area contributed by atoms with E-state index in [0.717, 1.165) is 18.0 Å². The molecule has 110 valence electrons. The first kappa shape index (κ1) is 15.5.